The number of imidazole rings is 1. The van der Waals surface area contributed by atoms with Crippen LogP contribution in [0.25, 0.3) is 16.9 Å². The molecule has 0 saturated heterocycles. The van der Waals surface area contributed by atoms with Crippen molar-refractivity contribution in [2.75, 3.05) is 11.9 Å². The third-order valence-corrected chi connectivity index (χ3v) is 6.61. The first-order valence-corrected chi connectivity index (χ1v) is 12.4. The van der Waals surface area contributed by atoms with Crippen LogP contribution in [0, 0.1) is 6.92 Å². The fraction of sp³-hybridized carbons (Fsp3) is 0.179. The molecule has 182 valence electrons. The number of hydrogen-bond donors (Lipinski definition) is 1. The normalized spacial score (nSPS) is 12.9. The minimum atomic E-state index is -0.334. The highest BCUT2D eigenvalue weighted by Gasteiger charge is 2.35. The lowest BCUT2D eigenvalue weighted by atomic mass is 10.2. The van der Waals surface area contributed by atoms with E-state index < -0.39 is 0 Å². The number of carbonyl (C=O) groups is 2. The second kappa shape index (κ2) is 10.2. The van der Waals surface area contributed by atoms with Gasteiger partial charge in [0.1, 0.15) is 6.54 Å². The fourth-order valence-corrected chi connectivity index (χ4v) is 4.50. The minimum Gasteiger partial charge on any atom is -0.326 e. The molecule has 0 unspecified atom stereocenters. The highest BCUT2D eigenvalue weighted by molar-refractivity contribution is 6.36. The van der Waals surface area contributed by atoms with Gasteiger partial charge in [0.05, 0.1) is 16.3 Å². The van der Waals surface area contributed by atoms with Gasteiger partial charge in [-0.25, -0.2) is 4.98 Å². The van der Waals surface area contributed by atoms with Gasteiger partial charge < -0.3 is 4.90 Å². The molecule has 1 saturated carbocycles. The summed E-state index contributed by atoms with van der Waals surface area (Å²) in [7, 11) is 0. The summed E-state index contributed by atoms with van der Waals surface area (Å²) in [5.41, 5.74) is 4.00. The van der Waals surface area contributed by atoms with Crippen LogP contribution < -0.4 is 5.32 Å². The molecule has 1 fully saturated rings. The van der Waals surface area contributed by atoms with Gasteiger partial charge in [-0.05, 0) is 50.1 Å². The number of anilines is 1. The van der Waals surface area contributed by atoms with Crippen molar-refractivity contribution >= 4 is 41.0 Å². The maximum Gasteiger partial charge on any atom is 0.256 e. The zero-order chi connectivity index (χ0) is 25.2. The Balaban J connectivity index is 1.41. The van der Waals surface area contributed by atoms with Crippen molar-refractivity contribution in [3.8, 4) is 16.9 Å². The van der Waals surface area contributed by atoms with Gasteiger partial charge in [0, 0.05) is 28.5 Å². The van der Waals surface area contributed by atoms with E-state index in [1.807, 2.05) is 72.3 Å². The summed E-state index contributed by atoms with van der Waals surface area (Å²) in [5, 5.41) is 3.64. The quantitative estimate of drug-likeness (QED) is 0.307. The predicted molar refractivity (Wildman–Crippen MR) is 143 cm³/mol. The molecule has 1 aromatic heterocycles. The van der Waals surface area contributed by atoms with E-state index in [1.54, 1.807) is 17.0 Å². The number of benzene rings is 3. The van der Waals surface area contributed by atoms with Crippen molar-refractivity contribution in [2.45, 2.75) is 25.8 Å². The lowest BCUT2D eigenvalue weighted by Gasteiger charge is -2.22. The molecule has 1 heterocycles. The van der Waals surface area contributed by atoms with E-state index in [9.17, 15) is 9.59 Å². The van der Waals surface area contributed by atoms with Crippen LogP contribution in [0.15, 0.2) is 79.0 Å². The summed E-state index contributed by atoms with van der Waals surface area (Å²) in [6.45, 7) is 1.91. The van der Waals surface area contributed by atoms with Gasteiger partial charge in [0.2, 0.25) is 11.9 Å². The monoisotopic (exact) mass is 518 g/mol. The molecule has 0 atom stereocenters. The number of nitrogens with one attached hydrogen (secondary N) is 1. The number of rotatable bonds is 7. The van der Waals surface area contributed by atoms with Crippen molar-refractivity contribution in [3.63, 3.8) is 0 Å². The topological polar surface area (TPSA) is 67.2 Å². The Hall–Kier alpha value is -3.61. The molecule has 1 aliphatic carbocycles. The number of halogens is 2. The van der Waals surface area contributed by atoms with Crippen LogP contribution in [-0.4, -0.2) is 38.9 Å². The second-order valence-corrected chi connectivity index (χ2v) is 9.70. The van der Waals surface area contributed by atoms with Gasteiger partial charge in [0.25, 0.3) is 5.91 Å². The SMILES string of the molecule is Cc1ccc(-n2cc(-c3ccccc3)nc2NC(=O)CN(C(=O)c2ccc(Cl)cc2Cl)C2CC2)cc1. The molecular weight excluding hydrogens is 495 g/mol. The predicted octanol–water partition coefficient (Wildman–Crippen LogP) is 6.40. The Morgan fingerprint density at radius 2 is 1.75 bits per heavy atom. The van der Waals surface area contributed by atoms with Crippen molar-refractivity contribution in [2.24, 2.45) is 0 Å². The highest BCUT2D eigenvalue weighted by atomic mass is 35.5. The average molecular weight is 519 g/mol. The first-order chi connectivity index (χ1) is 17.4. The van der Waals surface area contributed by atoms with Crippen molar-refractivity contribution in [1.82, 2.24) is 14.5 Å². The van der Waals surface area contributed by atoms with E-state index >= 15 is 0 Å². The Kier molecular flexibility index (Phi) is 6.81. The number of hydrogen-bond acceptors (Lipinski definition) is 3. The largest absolute Gasteiger partial charge is 0.326 e. The van der Waals surface area contributed by atoms with Crippen LogP contribution in [0.1, 0.15) is 28.8 Å². The summed E-state index contributed by atoms with van der Waals surface area (Å²) >= 11 is 12.3. The molecule has 0 aliphatic heterocycles. The van der Waals surface area contributed by atoms with Crippen LogP contribution in [-0.2, 0) is 4.79 Å². The number of aryl methyl sites for hydroxylation is 1. The van der Waals surface area contributed by atoms with Crippen LogP contribution >= 0.6 is 23.2 Å². The number of nitrogens with zero attached hydrogens (tertiary/aromatic N) is 3. The van der Waals surface area contributed by atoms with Crippen LogP contribution in [0.3, 0.4) is 0 Å². The van der Waals surface area contributed by atoms with Gasteiger partial charge in [-0.1, -0.05) is 71.2 Å². The first-order valence-electron chi connectivity index (χ1n) is 11.7. The van der Waals surface area contributed by atoms with Crippen molar-refractivity contribution < 1.29 is 9.59 Å². The molecule has 1 N–H and O–H groups in total. The van der Waals surface area contributed by atoms with E-state index in [2.05, 4.69) is 5.32 Å². The molecule has 3 aromatic carbocycles. The van der Waals surface area contributed by atoms with Crippen LogP contribution in [0.5, 0.6) is 0 Å². The molecule has 0 bridgehead atoms. The van der Waals surface area contributed by atoms with Gasteiger partial charge >= 0.3 is 0 Å². The van der Waals surface area contributed by atoms with Gasteiger partial charge in [-0.3, -0.25) is 19.5 Å². The Morgan fingerprint density at radius 3 is 2.42 bits per heavy atom. The van der Waals surface area contributed by atoms with E-state index in [0.717, 1.165) is 35.3 Å². The van der Waals surface area contributed by atoms with E-state index in [1.165, 1.54) is 6.07 Å². The summed E-state index contributed by atoms with van der Waals surface area (Å²) < 4.78 is 1.85. The van der Waals surface area contributed by atoms with Crippen molar-refractivity contribution in [3.05, 3.63) is 100 Å². The lowest BCUT2D eigenvalue weighted by molar-refractivity contribution is -0.117. The summed E-state index contributed by atoms with van der Waals surface area (Å²) in [6.07, 6.45) is 3.59. The van der Waals surface area contributed by atoms with Gasteiger partial charge in [0.15, 0.2) is 0 Å². The van der Waals surface area contributed by atoms with Crippen LogP contribution in [0.2, 0.25) is 10.0 Å². The zero-order valence-electron chi connectivity index (χ0n) is 19.6. The second-order valence-electron chi connectivity index (χ2n) is 8.86. The van der Waals surface area contributed by atoms with Crippen LogP contribution in [0.4, 0.5) is 5.95 Å². The maximum absolute atomic E-state index is 13.3. The third kappa shape index (κ3) is 5.30. The molecule has 2 amide bonds. The van der Waals surface area contributed by atoms with Gasteiger partial charge in [-0.2, -0.15) is 0 Å². The molecule has 36 heavy (non-hydrogen) atoms. The highest BCUT2D eigenvalue weighted by Crippen LogP contribution is 2.31. The van der Waals surface area contributed by atoms with Crippen molar-refractivity contribution in [1.29, 1.82) is 0 Å². The fourth-order valence-electron chi connectivity index (χ4n) is 4.01. The summed E-state index contributed by atoms with van der Waals surface area (Å²) in [5.74, 6) is -0.240. The number of carbonyl (C=O) groups excluding carboxylic acids is 2. The summed E-state index contributed by atoms with van der Waals surface area (Å²) in [6, 6.07) is 22.5. The average Bonchev–Trinajstić information content (AvgIpc) is 3.63. The Labute approximate surface area is 219 Å². The number of aromatic nitrogens is 2. The smallest absolute Gasteiger partial charge is 0.256 e. The first kappa shape index (κ1) is 24.1. The molecule has 6 nitrogen and oxygen atoms in total. The minimum absolute atomic E-state index is 0.00622. The summed E-state index contributed by atoms with van der Waals surface area (Å²) in [4.78, 5) is 32.7. The molecule has 0 spiro atoms. The molecule has 1 aliphatic rings. The van der Waals surface area contributed by atoms with Gasteiger partial charge in [-0.15, -0.1) is 0 Å². The third-order valence-electron chi connectivity index (χ3n) is 6.06. The molecule has 5 rings (SSSR count). The molecule has 8 heteroatoms. The van der Waals surface area contributed by atoms with E-state index in [-0.39, 0.29) is 29.4 Å². The zero-order valence-corrected chi connectivity index (χ0v) is 21.1. The standard InChI is InChI=1S/C28H24Cl2N4O2/c1-18-7-10-22(11-8-18)34-16-25(19-5-3-2-4-6-19)31-28(34)32-26(35)17-33(21-12-13-21)27(36)23-14-9-20(29)15-24(23)30/h2-11,14-16,21H,12-13,17H2,1H3,(H,31,32,35). The lowest BCUT2D eigenvalue weighted by Crippen LogP contribution is -2.40. The molecular formula is C28H24Cl2N4O2. The Bertz CT molecular complexity index is 1410. The molecule has 0 radical (unpaired) electrons. The van der Waals surface area contributed by atoms with E-state index in [0.29, 0.717) is 16.5 Å². The van der Waals surface area contributed by atoms with E-state index in [4.69, 9.17) is 28.2 Å². The Morgan fingerprint density at radius 1 is 1.03 bits per heavy atom. The number of amides is 2. The maximum atomic E-state index is 13.3. The molecule has 4 aromatic rings.